The van der Waals surface area contributed by atoms with Crippen LogP contribution in [0.5, 0.6) is 0 Å². The van der Waals surface area contributed by atoms with Gasteiger partial charge >= 0.3 is 0 Å². The molecule has 0 atom stereocenters. The molecule has 0 aliphatic heterocycles. The van der Waals surface area contributed by atoms with Crippen molar-refractivity contribution < 1.29 is 10.2 Å². The third-order valence-electron chi connectivity index (χ3n) is 0.133. The lowest BCUT2D eigenvalue weighted by atomic mass is 11.7. The predicted molar refractivity (Wildman–Crippen MR) is 21.2 cm³/mol. The van der Waals surface area contributed by atoms with Gasteiger partial charge in [0, 0.05) is 0 Å². The van der Waals surface area contributed by atoms with Gasteiger partial charge in [0.15, 0.2) is 0 Å². The van der Waals surface area contributed by atoms with Crippen LogP contribution < -0.4 is 0 Å². The molecule has 0 fully saturated rings. The molecule has 0 unspecified atom stereocenters. The molecule has 0 heterocycles. The van der Waals surface area contributed by atoms with Crippen molar-refractivity contribution in [1.82, 2.24) is 0 Å². The monoisotopic (exact) mass is 91.0 g/mol. The molecule has 0 rings (SSSR count). The summed E-state index contributed by atoms with van der Waals surface area (Å²) < 4.78 is 0. The minimum atomic E-state index is 0.441. The van der Waals surface area contributed by atoms with Gasteiger partial charge in [-0.2, -0.15) is 0 Å². The van der Waals surface area contributed by atoms with Crippen LogP contribution in [-0.2, 0) is 0 Å². The molecule has 5 heavy (non-hydrogen) atoms. The highest BCUT2D eigenvalue weighted by molar-refractivity contribution is 7.39. The second-order valence-electron chi connectivity index (χ2n) is 0.380. The highest BCUT2D eigenvalue weighted by Gasteiger charge is 1.56. The number of hydrogen-bond acceptors (Lipinski definition) is 1. The van der Waals surface area contributed by atoms with Crippen LogP contribution in [0.1, 0.15) is 0 Å². The molecular formula is C2H4O2P. The first-order valence-electron chi connectivity index (χ1n) is 1.03. The lowest BCUT2D eigenvalue weighted by Gasteiger charge is -1.63. The van der Waals surface area contributed by atoms with Gasteiger partial charge in [0.1, 0.15) is 6.35 Å². The van der Waals surface area contributed by atoms with E-state index >= 15 is 0 Å². The Morgan fingerprint density at radius 3 is 2.00 bits per heavy atom. The average molecular weight is 91.0 g/mol. The second-order valence-corrected chi connectivity index (χ2v) is 1.14. The molecule has 0 aromatic carbocycles. The van der Waals surface area contributed by atoms with Crippen LogP contribution in [0.4, 0.5) is 0 Å². The molecule has 0 aromatic rings. The molecule has 0 saturated carbocycles. The summed E-state index contributed by atoms with van der Waals surface area (Å²) in [7, 11) is 0.441. The van der Waals surface area contributed by atoms with E-state index in [1.165, 1.54) is 0 Å². The Bertz CT molecular complexity index is 34.6. The van der Waals surface area contributed by atoms with Crippen molar-refractivity contribution in [3.8, 4) is 0 Å². The Balaban J connectivity index is 2.62. The first-order chi connectivity index (χ1) is 2.41. The van der Waals surface area contributed by atoms with Crippen LogP contribution >= 0.6 is 8.20 Å². The number of hydrogen-bond donors (Lipinski definition) is 2. The minimum Gasteiger partial charge on any atom is -0.381 e. The van der Waals surface area contributed by atoms with Gasteiger partial charge in [0.05, 0.1) is 5.98 Å². The Labute approximate surface area is 31.9 Å². The SMILES string of the molecule is O[CH]P=CO. The van der Waals surface area contributed by atoms with Gasteiger partial charge in [-0.3, -0.25) is 0 Å². The van der Waals surface area contributed by atoms with E-state index in [-0.39, 0.29) is 0 Å². The molecule has 0 aliphatic carbocycles. The Morgan fingerprint density at radius 1 is 1.40 bits per heavy atom. The van der Waals surface area contributed by atoms with E-state index in [0.717, 1.165) is 12.3 Å². The highest BCUT2D eigenvalue weighted by atomic mass is 31.1. The van der Waals surface area contributed by atoms with Crippen molar-refractivity contribution in [2.24, 2.45) is 0 Å². The summed E-state index contributed by atoms with van der Waals surface area (Å²) in [5, 5.41) is 15.5. The van der Waals surface area contributed by atoms with Crippen molar-refractivity contribution in [3.63, 3.8) is 0 Å². The summed E-state index contributed by atoms with van der Waals surface area (Å²) >= 11 is 0. The summed E-state index contributed by atoms with van der Waals surface area (Å²) in [6.45, 7) is 0. The third-order valence-corrected chi connectivity index (χ3v) is 0.400. The van der Waals surface area contributed by atoms with E-state index < -0.39 is 0 Å². The highest BCUT2D eigenvalue weighted by Crippen LogP contribution is 1.89. The van der Waals surface area contributed by atoms with Crippen molar-refractivity contribution in [2.75, 3.05) is 0 Å². The maximum Gasteiger partial charge on any atom is 0.131 e. The van der Waals surface area contributed by atoms with Gasteiger partial charge in [0.2, 0.25) is 0 Å². The van der Waals surface area contributed by atoms with Gasteiger partial charge in [0.25, 0.3) is 0 Å². The van der Waals surface area contributed by atoms with Crippen molar-refractivity contribution in [2.45, 2.75) is 0 Å². The lowest BCUT2D eigenvalue weighted by molar-refractivity contribution is 0.445. The maximum atomic E-state index is 7.74. The van der Waals surface area contributed by atoms with Crippen LogP contribution in [0.3, 0.4) is 0 Å². The summed E-state index contributed by atoms with van der Waals surface area (Å²) in [6.07, 6.45) is 0.847. The largest absolute Gasteiger partial charge is 0.381 e. The number of rotatable bonds is 1. The van der Waals surface area contributed by atoms with Crippen LogP contribution in [0.2, 0.25) is 0 Å². The summed E-state index contributed by atoms with van der Waals surface area (Å²) in [5.41, 5.74) is 0. The molecule has 0 aliphatic rings. The number of aliphatic hydroxyl groups excluding tert-OH is 2. The van der Waals surface area contributed by atoms with Crippen molar-refractivity contribution in [3.05, 3.63) is 6.35 Å². The van der Waals surface area contributed by atoms with Gasteiger partial charge in [-0.05, 0) is 8.20 Å². The zero-order chi connectivity index (χ0) is 4.12. The van der Waals surface area contributed by atoms with Gasteiger partial charge in [-0.25, -0.2) is 0 Å². The van der Waals surface area contributed by atoms with E-state index in [9.17, 15) is 0 Å². The topological polar surface area (TPSA) is 40.5 Å². The Kier molecular flexibility index (Phi) is 4.16. The predicted octanol–water partition coefficient (Wildman–Crippen LogP) is 0.557. The summed E-state index contributed by atoms with van der Waals surface area (Å²) in [5.74, 6) is 0.847. The maximum absolute atomic E-state index is 7.74. The molecule has 2 nitrogen and oxygen atoms in total. The molecule has 0 bridgehead atoms. The quantitative estimate of drug-likeness (QED) is 0.463. The molecule has 2 N–H and O–H groups in total. The fraction of sp³-hybridized carbons (Fsp3) is 0. The number of aliphatic hydroxyl groups is 2. The fourth-order valence-electron chi connectivity index (χ4n) is 0.0298. The molecule has 29 valence electrons. The van der Waals surface area contributed by atoms with Crippen molar-refractivity contribution in [1.29, 1.82) is 0 Å². The summed E-state index contributed by atoms with van der Waals surface area (Å²) in [4.78, 5) is 0. The molecular weight excluding hydrogens is 87.0 g/mol. The van der Waals surface area contributed by atoms with E-state index in [2.05, 4.69) is 0 Å². The molecule has 3 heteroatoms. The zero-order valence-electron chi connectivity index (χ0n) is 2.50. The first kappa shape index (κ1) is 5.09. The fourth-order valence-corrected chi connectivity index (χ4v) is 0.0894. The molecule has 0 spiro atoms. The van der Waals surface area contributed by atoms with Crippen molar-refractivity contribution >= 4 is 14.2 Å². The van der Waals surface area contributed by atoms with Crippen LogP contribution in [0.15, 0.2) is 0 Å². The standard InChI is InChI=1S/C2H4O2P/c3-1-5-2-4/h1-4H. The Hall–Kier alpha value is 0.0900. The molecule has 0 saturated heterocycles. The van der Waals surface area contributed by atoms with Crippen LogP contribution in [0, 0.1) is 6.35 Å². The van der Waals surface area contributed by atoms with E-state index in [1.807, 2.05) is 0 Å². The summed E-state index contributed by atoms with van der Waals surface area (Å²) in [6, 6.07) is 0. The second kappa shape index (κ2) is 4.09. The molecule has 1 radical (unpaired) electrons. The van der Waals surface area contributed by atoms with Gasteiger partial charge in [-0.15, -0.1) is 0 Å². The lowest BCUT2D eigenvalue weighted by Crippen LogP contribution is -1.53. The molecule has 0 aromatic heterocycles. The van der Waals surface area contributed by atoms with Gasteiger partial charge < -0.3 is 10.2 Å². The third kappa shape index (κ3) is 4.09. The van der Waals surface area contributed by atoms with E-state index in [0.29, 0.717) is 8.20 Å². The van der Waals surface area contributed by atoms with Crippen LogP contribution in [0.25, 0.3) is 0 Å². The smallest absolute Gasteiger partial charge is 0.131 e. The van der Waals surface area contributed by atoms with Gasteiger partial charge in [-0.1, -0.05) is 0 Å². The van der Waals surface area contributed by atoms with Crippen LogP contribution in [-0.4, -0.2) is 16.2 Å². The molecule has 0 amide bonds. The Morgan fingerprint density at radius 2 is 2.00 bits per heavy atom. The first-order valence-corrected chi connectivity index (χ1v) is 2.07. The van der Waals surface area contributed by atoms with E-state index in [4.69, 9.17) is 10.2 Å². The average Bonchev–Trinajstić information content (AvgIpc) is 1.41. The minimum absolute atomic E-state index is 0.441. The zero-order valence-corrected chi connectivity index (χ0v) is 3.39. The van der Waals surface area contributed by atoms with E-state index in [1.54, 1.807) is 0 Å². The normalized spacial score (nSPS) is 10.0.